The van der Waals surface area contributed by atoms with E-state index in [0.29, 0.717) is 32.7 Å². The summed E-state index contributed by atoms with van der Waals surface area (Å²) in [4.78, 5) is 24.5. The van der Waals surface area contributed by atoms with Crippen LogP contribution < -0.4 is 0 Å². The highest BCUT2D eigenvalue weighted by atomic mass is 17.2. The summed E-state index contributed by atoms with van der Waals surface area (Å²) in [6, 6.07) is 0. The van der Waals surface area contributed by atoms with E-state index >= 15 is 0 Å². The van der Waals surface area contributed by atoms with Gasteiger partial charge < -0.3 is 0 Å². The zero-order chi connectivity index (χ0) is 23.2. The van der Waals surface area contributed by atoms with Gasteiger partial charge in [0.25, 0.3) is 0 Å². The molecule has 3 atom stereocenters. The summed E-state index contributed by atoms with van der Waals surface area (Å²) in [6.07, 6.45) is 9.68. The lowest BCUT2D eigenvalue weighted by molar-refractivity contribution is -1.46. The number of likely N-dealkylation sites (N-methyl/N-ethyl adjacent to an activating group) is 1. The van der Waals surface area contributed by atoms with Crippen LogP contribution in [-0.2, 0) is 19.6 Å². The first-order valence-electron chi connectivity index (χ1n) is 11.0. The van der Waals surface area contributed by atoms with Crippen LogP contribution in [0.25, 0.3) is 0 Å². The summed E-state index contributed by atoms with van der Waals surface area (Å²) >= 11 is 0. The van der Waals surface area contributed by atoms with Crippen molar-refractivity contribution in [3.8, 4) is 0 Å². The van der Waals surface area contributed by atoms with Crippen LogP contribution in [0.5, 0.6) is 0 Å². The Morgan fingerprint density at radius 1 is 1.03 bits per heavy atom. The normalized spacial score (nSPS) is 18.2. The molecule has 0 heterocycles. The molecule has 0 saturated heterocycles. The highest BCUT2D eigenvalue weighted by Crippen LogP contribution is 2.22. The van der Waals surface area contributed by atoms with Gasteiger partial charge in [-0.25, -0.2) is 5.06 Å². The third-order valence-corrected chi connectivity index (χ3v) is 4.96. The fourth-order valence-corrected chi connectivity index (χ4v) is 2.59. The van der Waals surface area contributed by atoms with Crippen LogP contribution in [0.3, 0.4) is 0 Å². The van der Waals surface area contributed by atoms with Gasteiger partial charge in [0, 0.05) is 28.4 Å². The lowest BCUT2D eigenvalue weighted by Crippen LogP contribution is -2.61. The second-order valence-corrected chi connectivity index (χ2v) is 7.06. The summed E-state index contributed by atoms with van der Waals surface area (Å²) in [5.41, 5.74) is 1.03. The SMILES string of the molecule is C/C=C\CN(ON(CC)/C(C)=C/C)C(C)O[N+](CC)(C/C=C\C)O[N+](C)(CC)OC. The van der Waals surface area contributed by atoms with E-state index in [-0.39, 0.29) is 9.62 Å². The van der Waals surface area contributed by atoms with Crippen molar-refractivity contribution in [2.75, 3.05) is 46.9 Å². The van der Waals surface area contributed by atoms with Crippen molar-refractivity contribution in [3.05, 3.63) is 36.1 Å². The van der Waals surface area contributed by atoms with E-state index in [1.807, 2.05) is 91.0 Å². The van der Waals surface area contributed by atoms with Crippen LogP contribution in [0, 0.1) is 0 Å². The van der Waals surface area contributed by atoms with Gasteiger partial charge in [-0.3, -0.25) is 0 Å². The Kier molecular flexibility index (Phi) is 14.1. The second-order valence-electron chi connectivity index (χ2n) is 7.06. The molecule has 0 amide bonds. The van der Waals surface area contributed by atoms with Gasteiger partial charge in [0.15, 0.2) is 12.8 Å². The molecule has 0 spiro atoms. The minimum absolute atomic E-state index is 0.0351. The Balaban J connectivity index is 5.79. The number of hydrogen-bond donors (Lipinski definition) is 0. The molecule has 8 nitrogen and oxygen atoms in total. The highest BCUT2D eigenvalue weighted by Gasteiger charge is 2.44. The van der Waals surface area contributed by atoms with Gasteiger partial charge in [-0.05, 0) is 61.5 Å². The smallest absolute Gasteiger partial charge is 0.196 e. The van der Waals surface area contributed by atoms with Gasteiger partial charge in [-0.1, -0.05) is 24.3 Å². The number of quaternary nitrogens is 2. The Morgan fingerprint density at radius 3 is 2.10 bits per heavy atom. The molecule has 0 aliphatic carbocycles. The van der Waals surface area contributed by atoms with Gasteiger partial charge in [-0.15, -0.1) is 9.90 Å². The van der Waals surface area contributed by atoms with Crippen LogP contribution in [0.1, 0.15) is 55.4 Å². The average molecular weight is 431 g/mol. The zero-order valence-electron chi connectivity index (χ0n) is 20.9. The molecule has 0 aliphatic heterocycles. The molecule has 0 aromatic heterocycles. The van der Waals surface area contributed by atoms with E-state index in [9.17, 15) is 0 Å². The maximum Gasteiger partial charge on any atom is 0.196 e. The monoisotopic (exact) mass is 430 g/mol. The maximum atomic E-state index is 6.50. The first-order valence-corrected chi connectivity index (χ1v) is 11.0. The molecular formula is C22H46N4O4+2. The molecule has 0 saturated carbocycles. The minimum Gasteiger partial charge on any atom is -0.240 e. The van der Waals surface area contributed by atoms with Gasteiger partial charge in [0.2, 0.25) is 0 Å². The minimum atomic E-state index is -0.396. The Labute approximate surface area is 184 Å². The first-order chi connectivity index (χ1) is 14.2. The van der Waals surface area contributed by atoms with Crippen molar-refractivity contribution in [3.63, 3.8) is 0 Å². The maximum absolute atomic E-state index is 6.50. The lowest BCUT2D eigenvalue weighted by Gasteiger charge is -2.38. The molecule has 176 valence electrons. The van der Waals surface area contributed by atoms with Crippen LogP contribution >= 0.6 is 0 Å². The predicted octanol–water partition coefficient (Wildman–Crippen LogP) is 4.52. The largest absolute Gasteiger partial charge is 0.240 e. The van der Waals surface area contributed by atoms with Crippen molar-refractivity contribution in [2.45, 2.75) is 61.6 Å². The van der Waals surface area contributed by atoms with Crippen LogP contribution in [-0.4, -0.2) is 72.9 Å². The van der Waals surface area contributed by atoms with Crippen LogP contribution in [0.2, 0.25) is 0 Å². The molecule has 30 heavy (non-hydrogen) atoms. The molecule has 8 heteroatoms. The highest BCUT2D eigenvalue weighted by molar-refractivity contribution is 4.91. The fraction of sp³-hybridized carbons (Fsp3) is 0.727. The van der Waals surface area contributed by atoms with Gasteiger partial charge in [0.1, 0.15) is 20.1 Å². The van der Waals surface area contributed by atoms with E-state index in [2.05, 4.69) is 6.92 Å². The Morgan fingerprint density at radius 2 is 1.67 bits per heavy atom. The molecule has 0 bridgehead atoms. The zero-order valence-corrected chi connectivity index (χ0v) is 20.9. The molecule has 0 fully saturated rings. The summed E-state index contributed by atoms with van der Waals surface area (Å²) in [5, 5.41) is 3.65. The van der Waals surface area contributed by atoms with Gasteiger partial charge >= 0.3 is 0 Å². The van der Waals surface area contributed by atoms with E-state index in [4.69, 9.17) is 19.6 Å². The number of nitrogens with zero attached hydrogens (tertiary/aromatic N) is 4. The number of rotatable bonds is 16. The Hall–Kier alpha value is -1.26. The third kappa shape index (κ3) is 9.26. The number of hydrogen-bond acceptors (Lipinski definition) is 6. The molecule has 0 aromatic carbocycles. The van der Waals surface area contributed by atoms with E-state index < -0.39 is 6.23 Å². The van der Waals surface area contributed by atoms with Gasteiger partial charge in [-0.2, -0.15) is 9.78 Å². The van der Waals surface area contributed by atoms with E-state index in [1.165, 1.54) is 0 Å². The molecule has 0 aromatic rings. The van der Waals surface area contributed by atoms with E-state index in [1.54, 1.807) is 12.2 Å². The molecule has 0 aliphatic rings. The summed E-state index contributed by atoms with van der Waals surface area (Å²) < 4.78 is 0. The predicted molar refractivity (Wildman–Crippen MR) is 120 cm³/mol. The molecule has 0 rings (SSSR count). The summed E-state index contributed by atoms with van der Waals surface area (Å²) in [5.74, 6) is 0. The van der Waals surface area contributed by atoms with Crippen molar-refractivity contribution < 1.29 is 29.2 Å². The Bertz CT molecular complexity index is 549. The molecular weight excluding hydrogens is 384 g/mol. The third-order valence-electron chi connectivity index (χ3n) is 4.96. The van der Waals surface area contributed by atoms with E-state index in [0.717, 1.165) is 5.70 Å². The fourth-order valence-electron chi connectivity index (χ4n) is 2.59. The van der Waals surface area contributed by atoms with Crippen molar-refractivity contribution in [1.29, 1.82) is 0 Å². The van der Waals surface area contributed by atoms with Crippen LogP contribution in [0.15, 0.2) is 36.1 Å². The molecule has 0 N–H and O–H groups in total. The topological polar surface area (TPSA) is 43.4 Å². The van der Waals surface area contributed by atoms with Gasteiger partial charge in [0.05, 0.1) is 12.0 Å². The molecule has 0 radical (unpaired) electrons. The average Bonchev–Trinajstić information content (AvgIpc) is 2.76. The van der Waals surface area contributed by atoms with Crippen molar-refractivity contribution >= 4 is 0 Å². The quantitative estimate of drug-likeness (QED) is 0.155. The molecule has 3 unspecified atom stereocenters. The standard InChI is InChI=1S/C22H46N4O4/c1-11-17-19-24(29-23(14-4)21(7)13-3)22(8)28-26(16-6,20-18-12-2)30-25(9,15-5)27-10/h11-13,17-18,22H,14-16,19-20H2,1-10H3/q+2/b17-11-,18-12-,21-13+. The lowest BCUT2D eigenvalue weighted by atomic mass is 10.4. The first kappa shape index (κ1) is 28.7. The summed E-state index contributed by atoms with van der Waals surface area (Å²) in [7, 11) is 3.50. The van der Waals surface area contributed by atoms with Crippen molar-refractivity contribution in [1.82, 2.24) is 10.1 Å². The summed E-state index contributed by atoms with van der Waals surface area (Å²) in [6.45, 7) is 19.1. The number of hydroxylamine groups is 12. The van der Waals surface area contributed by atoms with Crippen molar-refractivity contribution in [2.24, 2.45) is 0 Å². The van der Waals surface area contributed by atoms with Crippen LogP contribution in [0.4, 0.5) is 0 Å². The second kappa shape index (κ2) is 14.7. The number of allylic oxidation sites excluding steroid dienone is 4.